The predicted molar refractivity (Wildman–Crippen MR) is 79.2 cm³/mol. The van der Waals surface area contributed by atoms with Gasteiger partial charge in [0.05, 0.1) is 0 Å². The second kappa shape index (κ2) is 6.79. The Morgan fingerprint density at radius 3 is 2.50 bits per heavy atom. The molecule has 18 heavy (non-hydrogen) atoms. The molecule has 0 amide bonds. The van der Waals surface area contributed by atoms with Crippen molar-refractivity contribution in [3.05, 3.63) is 29.8 Å². The Balaban J connectivity index is 1.70. The smallest absolute Gasteiger partial charge is 0.0340 e. The zero-order chi connectivity index (χ0) is 12.8. The summed E-state index contributed by atoms with van der Waals surface area (Å²) in [5.41, 5.74) is 2.56. The van der Waals surface area contributed by atoms with Gasteiger partial charge < -0.3 is 5.32 Å². The Kier molecular flexibility index (Phi) is 5.06. The van der Waals surface area contributed by atoms with Gasteiger partial charge in [0.25, 0.3) is 0 Å². The van der Waals surface area contributed by atoms with Gasteiger partial charge in [-0.3, -0.25) is 4.90 Å². The van der Waals surface area contributed by atoms with E-state index in [0.29, 0.717) is 0 Å². The lowest BCUT2D eigenvalue weighted by Crippen LogP contribution is -2.32. The van der Waals surface area contributed by atoms with Crippen LogP contribution in [0.2, 0.25) is 0 Å². The van der Waals surface area contributed by atoms with Gasteiger partial charge in [0, 0.05) is 24.8 Å². The molecule has 0 aliphatic heterocycles. The number of hydrogen-bond acceptors (Lipinski definition) is 2. The fourth-order valence-corrected chi connectivity index (χ4v) is 2.29. The highest BCUT2D eigenvalue weighted by Crippen LogP contribution is 2.26. The Labute approximate surface area is 111 Å². The number of anilines is 1. The molecule has 0 aromatic heterocycles. The van der Waals surface area contributed by atoms with Gasteiger partial charge in [-0.15, -0.1) is 0 Å². The van der Waals surface area contributed by atoms with Crippen molar-refractivity contribution in [3.8, 4) is 0 Å². The molecule has 1 aliphatic rings. The SMILES string of the molecule is CCCCN(CCNc1ccc(C)cc1)C1CC1. The summed E-state index contributed by atoms with van der Waals surface area (Å²) in [4.78, 5) is 2.66. The van der Waals surface area contributed by atoms with E-state index in [0.717, 1.165) is 12.6 Å². The standard InChI is InChI=1S/C16H26N2/c1-3-4-12-18(16-9-10-16)13-11-17-15-7-5-14(2)6-8-15/h5-8,16-17H,3-4,9-13H2,1-2H3. The number of benzene rings is 1. The fourth-order valence-electron chi connectivity index (χ4n) is 2.29. The Morgan fingerprint density at radius 1 is 1.17 bits per heavy atom. The van der Waals surface area contributed by atoms with Crippen molar-refractivity contribution < 1.29 is 0 Å². The van der Waals surface area contributed by atoms with E-state index in [9.17, 15) is 0 Å². The highest BCUT2D eigenvalue weighted by atomic mass is 15.2. The van der Waals surface area contributed by atoms with Crippen LogP contribution in [0.15, 0.2) is 24.3 Å². The van der Waals surface area contributed by atoms with Gasteiger partial charge in [0.1, 0.15) is 0 Å². The van der Waals surface area contributed by atoms with E-state index in [1.165, 1.54) is 50.0 Å². The first-order valence-electron chi connectivity index (χ1n) is 7.34. The summed E-state index contributed by atoms with van der Waals surface area (Å²) in [7, 11) is 0. The average molecular weight is 246 g/mol. The van der Waals surface area contributed by atoms with E-state index >= 15 is 0 Å². The maximum absolute atomic E-state index is 3.52. The second-order valence-corrected chi connectivity index (χ2v) is 5.41. The van der Waals surface area contributed by atoms with Gasteiger partial charge in [-0.2, -0.15) is 0 Å². The predicted octanol–water partition coefficient (Wildman–Crippen LogP) is 3.67. The minimum Gasteiger partial charge on any atom is -0.384 e. The van der Waals surface area contributed by atoms with E-state index in [1.807, 2.05) is 0 Å². The van der Waals surface area contributed by atoms with E-state index in [2.05, 4.69) is 48.3 Å². The maximum Gasteiger partial charge on any atom is 0.0340 e. The molecule has 0 spiro atoms. The van der Waals surface area contributed by atoms with Crippen LogP contribution in [0.3, 0.4) is 0 Å². The third kappa shape index (κ3) is 4.34. The molecular formula is C16H26N2. The first-order chi connectivity index (χ1) is 8.79. The van der Waals surface area contributed by atoms with Crippen molar-refractivity contribution >= 4 is 5.69 Å². The van der Waals surface area contributed by atoms with Crippen LogP contribution in [0.5, 0.6) is 0 Å². The number of nitrogens with zero attached hydrogens (tertiary/aromatic N) is 1. The van der Waals surface area contributed by atoms with Crippen LogP contribution in [-0.4, -0.2) is 30.6 Å². The van der Waals surface area contributed by atoms with Crippen molar-refractivity contribution in [1.29, 1.82) is 0 Å². The van der Waals surface area contributed by atoms with Crippen molar-refractivity contribution in [2.45, 2.75) is 45.6 Å². The molecule has 0 radical (unpaired) electrons. The summed E-state index contributed by atoms with van der Waals surface area (Å²) in [5, 5.41) is 3.52. The van der Waals surface area contributed by atoms with Gasteiger partial charge in [-0.1, -0.05) is 31.0 Å². The molecule has 0 saturated heterocycles. The highest BCUT2D eigenvalue weighted by Gasteiger charge is 2.27. The average Bonchev–Trinajstić information content (AvgIpc) is 3.20. The Morgan fingerprint density at radius 2 is 1.89 bits per heavy atom. The Bertz CT molecular complexity index is 341. The van der Waals surface area contributed by atoms with E-state index in [4.69, 9.17) is 0 Å². The lowest BCUT2D eigenvalue weighted by Gasteiger charge is -2.22. The molecule has 1 aromatic rings. The summed E-state index contributed by atoms with van der Waals surface area (Å²) < 4.78 is 0. The third-order valence-electron chi connectivity index (χ3n) is 3.64. The molecule has 1 saturated carbocycles. The van der Waals surface area contributed by atoms with E-state index in [1.54, 1.807) is 0 Å². The summed E-state index contributed by atoms with van der Waals surface area (Å²) >= 11 is 0. The van der Waals surface area contributed by atoms with Gasteiger partial charge >= 0.3 is 0 Å². The third-order valence-corrected chi connectivity index (χ3v) is 3.64. The molecule has 1 aromatic carbocycles. The minimum atomic E-state index is 0.886. The summed E-state index contributed by atoms with van der Waals surface area (Å²) in [5.74, 6) is 0. The number of nitrogens with one attached hydrogen (secondary N) is 1. The van der Waals surface area contributed by atoms with Crippen LogP contribution in [0.1, 0.15) is 38.2 Å². The van der Waals surface area contributed by atoms with Crippen molar-refractivity contribution in [2.24, 2.45) is 0 Å². The second-order valence-electron chi connectivity index (χ2n) is 5.41. The summed E-state index contributed by atoms with van der Waals surface area (Å²) in [6, 6.07) is 9.55. The van der Waals surface area contributed by atoms with Gasteiger partial charge in [0.15, 0.2) is 0 Å². The van der Waals surface area contributed by atoms with Crippen molar-refractivity contribution in [3.63, 3.8) is 0 Å². The molecule has 0 heterocycles. The van der Waals surface area contributed by atoms with Crippen LogP contribution in [-0.2, 0) is 0 Å². The van der Waals surface area contributed by atoms with Crippen LogP contribution >= 0.6 is 0 Å². The summed E-state index contributed by atoms with van der Waals surface area (Å²) in [6.07, 6.45) is 5.46. The molecule has 1 fully saturated rings. The van der Waals surface area contributed by atoms with E-state index in [-0.39, 0.29) is 0 Å². The van der Waals surface area contributed by atoms with E-state index < -0.39 is 0 Å². The normalized spacial score (nSPS) is 15.1. The maximum atomic E-state index is 3.52. The molecule has 1 N–H and O–H groups in total. The highest BCUT2D eigenvalue weighted by molar-refractivity contribution is 5.44. The first kappa shape index (κ1) is 13.4. The van der Waals surface area contributed by atoms with Crippen molar-refractivity contribution in [2.75, 3.05) is 25.0 Å². The van der Waals surface area contributed by atoms with Gasteiger partial charge in [-0.05, 0) is 44.9 Å². The number of hydrogen-bond donors (Lipinski definition) is 1. The number of rotatable bonds is 8. The molecule has 100 valence electrons. The molecule has 2 nitrogen and oxygen atoms in total. The molecule has 2 rings (SSSR count). The molecule has 0 unspecified atom stereocenters. The molecule has 1 aliphatic carbocycles. The topological polar surface area (TPSA) is 15.3 Å². The molecular weight excluding hydrogens is 220 g/mol. The van der Waals surface area contributed by atoms with Crippen LogP contribution in [0.25, 0.3) is 0 Å². The lowest BCUT2D eigenvalue weighted by molar-refractivity contribution is 0.269. The van der Waals surface area contributed by atoms with Crippen LogP contribution < -0.4 is 5.32 Å². The van der Waals surface area contributed by atoms with Gasteiger partial charge in [-0.25, -0.2) is 0 Å². The first-order valence-corrected chi connectivity index (χ1v) is 7.34. The number of aryl methyl sites for hydroxylation is 1. The molecule has 0 bridgehead atoms. The molecule has 0 atom stereocenters. The van der Waals surface area contributed by atoms with Crippen LogP contribution in [0.4, 0.5) is 5.69 Å². The largest absolute Gasteiger partial charge is 0.384 e. The zero-order valence-electron chi connectivity index (χ0n) is 11.8. The molecule has 2 heteroatoms. The van der Waals surface area contributed by atoms with Crippen molar-refractivity contribution in [1.82, 2.24) is 4.90 Å². The summed E-state index contributed by atoms with van der Waals surface area (Å²) in [6.45, 7) is 7.91. The number of unbranched alkanes of at least 4 members (excludes halogenated alkanes) is 1. The lowest BCUT2D eigenvalue weighted by atomic mass is 10.2. The minimum absolute atomic E-state index is 0.886. The fraction of sp³-hybridized carbons (Fsp3) is 0.625. The van der Waals surface area contributed by atoms with Crippen LogP contribution in [0, 0.1) is 6.92 Å². The quantitative estimate of drug-likeness (QED) is 0.753. The monoisotopic (exact) mass is 246 g/mol. The van der Waals surface area contributed by atoms with Gasteiger partial charge in [0.2, 0.25) is 0 Å². The zero-order valence-corrected chi connectivity index (χ0v) is 11.8. The Hall–Kier alpha value is -1.02.